The van der Waals surface area contributed by atoms with Gasteiger partial charge in [0.15, 0.2) is 5.17 Å². The van der Waals surface area contributed by atoms with Crippen molar-refractivity contribution in [3.05, 3.63) is 29.3 Å². The Kier molecular flexibility index (Phi) is 8.81. The SMILES string of the molecule is CCCN(CCN1CCN(CCCCc2ccc3c(c2)CC=N3)CC1)C1CCC2N=C(N)SC2C1. The van der Waals surface area contributed by atoms with Gasteiger partial charge in [0.05, 0.1) is 11.7 Å². The van der Waals surface area contributed by atoms with Crippen LogP contribution in [-0.2, 0) is 12.8 Å². The highest BCUT2D eigenvalue weighted by atomic mass is 32.2. The van der Waals surface area contributed by atoms with Gasteiger partial charge in [-0.25, -0.2) is 0 Å². The monoisotopic (exact) mass is 496 g/mol. The van der Waals surface area contributed by atoms with E-state index in [0.717, 1.165) is 11.6 Å². The van der Waals surface area contributed by atoms with Crippen LogP contribution in [0.5, 0.6) is 0 Å². The van der Waals surface area contributed by atoms with E-state index < -0.39 is 0 Å². The molecule has 0 bridgehead atoms. The lowest BCUT2D eigenvalue weighted by atomic mass is 9.90. The predicted molar refractivity (Wildman–Crippen MR) is 150 cm³/mol. The zero-order valence-corrected chi connectivity index (χ0v) is 22.4. The highest BCUT2D eigenvalue weighted by Gasteiger charge is 2.37. The maximum Gasteiger partial charge on any atom is 0.154 e. The minimum atomic E-state index is 0.482. The lowest BCUT2D eigenvalue weighted by Crippen LogP contribution is -2.50. The van der Waals surface area contributed by atoms with Gasteiger partial charge >= 0.3 is 0 Å². The number of nitrogens with two attached hydrogens (primary N) is 1. The van der Waals surface area contributed by atoms with Crippen molar-refractivity contribution in [2.24, 2.45) is 15.7 Å². The van der Waals surface area contributed by atoms with Gasteiger partial charge in [-0.2, -0.15) is 0 Å². The zero-order valence-electron chi connectivity index (χ0n) is 21.6. The Balaban J connectivity index is 0.975. The highest BCUT2D eigenvalue weighted by Crippen LogP contribution is 2.37. The van der Waals surface area contributed by atoms with Gasteiger partial charge in [-0.1, -0.05) is 30.8 Å². The molecule has 1 aromatic carbocycles. The number of amidine groups is 1. The third-order valence-electron chi connectivity index (χ3n) is 8.37. The van der Waals surface area contributed by atoms with Crippen LogP contribution >= 0.6 is 11.8 Å². The summed E-state index contributed by atoms with van der Waals surface area (Å²) in [6, 6.07) is 8.02. The molecule has 0 aromatic heterocycles. The molecule has 3 aliphatic heterocycles. The van der Waals surface area contributed by atoms with Crippen LogP contribution in [0.25, 0.3) is 0 Å². The number of piperazine rings is 1. The second-order valence-electron chi connectivity index (χ2n) is 10.8. The maximum absolute atomic E-state index is 6.01. The van der Waals surface area contributed by atoms with Gasteiger partial charge in [0, 0.05) is 63.2 Å². The molecule has 192 valence electrons. The van der Waals surface area contributed by atoms with Gasteiger partial charge < -0.3 is 10.6 Å². The van der Waals surface area contributed by atoms with Crippen LogP contribution in [0.3, 0.4) is 0 Å². The molecule has 3 unspecified atom stereocenters. The lowest BCUT2D eigenvalue weighted by molar-refractivity contribution is 0.0964. The van der Waals surface area contributed by atoms with E-state index >= 15 is 0 Å². The minimum Gasteiger partial charge on any atom is -0.379 e. The number of hydrogen-bond donors (Lipinski definition) is 1. The molecule has 4 aliphatic rings. The first-order valence-electron chi connectivity index (χ1n) is 14.0. The number of benzene rings is 1. The summed E-state index contributed by atoms with van der Waals surface area (Å²) < 4.78 is 0. The number of nitrogens with zero attached hydrogens (tertiary/aromatic N) is 5. The van der Waals surface area contributed by atoms with Crippen molar-refractivity contribution in [2.75, 3.05) is 52.4 Å². The number of unbranched alkanes of at least 4 members (excludes halogenated alkanes) is 1. The Morgan fingerprint density at radius 3 is 2.71 bits per heavy atom. The first-order chi connectivity index (χ1) is 17.2. The minimum absolute atomic E-state index is 0.482. The standard InChI is InChI=1S/C28H44N6S/c1-2-12-34(24-7-9-26-27(21-24)35-28(29)31-26)19-18-33-16-14-32(15-17-33)13-4-3-5-22-6-8-25-23(20-22)10-11-30-25/h6,8,11,20,24,26-27H,2-5,7,9-10,12-19,21H2,1H3,(H2,29,31). The molecule has 7 heteroatoms. The van der Waals surface area contributed by atoms with Crippen molar-refractivity contribution in [3.8, 4) is 0 Å². The molecule has 6 nitrogen and oxygen atoms in total. The number of aryl methyl sites for hydroxylation is 1. The second kappa shape index (κ2) is 12.2. The Morgan fingerprint density at radius 1 is 1.06 bits per heavy atom. The third-order valence-corrected chi connectivity index (χ3v) is 9.52. The van der Waals surface area contributed by atoms with Gasteiger partial charge in [0.2, 0.25) is 0 Å². The predicted octanol–water partition coefficient (Wildman–Crippen LogP) is 3.95. The van der Waals surface area contributed by atoms with Gasteiger partial charge in [-0.15, -0.1) is 0 Å². The maximum atomic E-state index is 6.01. The molecule has 1 saturated carbocycles. The summed E-state index contributed by atoms with van der Waals surface area (Å²) in [5.41, 5.74) is 10.1. The molecule has 5 rings (SSSR count). The largest absolute Gasteiger partial charge is 0.379 e. The fraction of sp³-hybridized carbons (Fsp3) is 0.714. The molecule has 3 atom stereocenters. The summed E-state index contributed by atoms with van der Waals surface area (Å²) in [6.07, 6.45) is 11.8. The van der Waals surface area contributed by atoms with Crippen LogP contribution in [-0.4, -0.2) is 95.8 Å². The Bertz CT molecular complexity index is 893. The van der Waals surface area contributed by atoms with Gasteiger partial charge in [-0.05, 0) is 75.2 Å². The molecule has 1 aliphatic carbocycles. The van der Waals surface area contributed by atoms with Crippen molar-refractivity contribution in [1.82, 2.24) is 14.7 Å². The van der Waals surface area contributed by atoms with E-state index in [2.05, 4.69) is 49.8 Å². The van der Waals surface area contributed by atoms with E-state index in [1.165, 1.54) is 114 Å². The lowest BCUT2D eigenvalue weighted by Gasteiger charge is -2.40. The molecule has 1 saturated heterocycles. The molecular weight excluding hydrogens is 452 g/mol. The normalized spacial score (nSPS) is 26.8. The number of aliphatic imine (C=N–C) groups is 2. The quantitative estimate of drug-likeness (QED) is 0.470. The average Bonchev–Trinajstić information content (AvgIpc) is 3.49. The Labute approximate surface area is 216 Å². The molecule has 2 fully saturated rings. The molecule has 35 heavy (non-hydrogen) atoms. The van der Waals surface area contributed by atoms with Crippen molar-refractivity contribution in [3.63, 3.8) is 0 Å². The van der Waals surface area contributed by atoms with Crippen LogP contribution in [0.1, 0.15) is 56.6 Å². The Hall–Kier alpha value is -1.41. The van der Waals surface area contributed by atoms with E-state index in [4.69, 9.17) is 5.73 Å². The van der Waals surface area contributed by atoms with Crippen LogP contribution in [0.15, 0.2) is 28.2 Å². The van der Waals surface area contributed by atoms with Crippen LogP contribution < -0.4 is 5.73 Å². The highest BCUT2D eigenvalue weighted by molar-refractivity contribution is 8.14. The fourth-order valence-corrected chi connectivity index (χ4v) is 7.49. The van der Waals surface area contributed by atoms with E-state index in [1.54, 1.807) is 0 Å². The summed E-state index contributed by atoms with van der Waals surface area (Å²) in [6.45, 7) is 12.1. The van der Waals surface area contributed by atoms with Crippen LogP contribution in [0.2, 0.25) is 0 Å². The molecular formula is C28H44N6S. The summed E-state index contributed by atoms with van der Waals surface area (Å²) in [4.78, 5) is 17.2. The first-order valence-corrected chi connectivity index (χ1v) is 14.9. The van der Waals surface area contributed by atoms with E-state index in [0.29, 0.717) is 17.3 Å². The molecule has 0 radical (unpaired) electrons. The number of rotatable bonds is 11. The van der Waals surface area contributed by atoms with Crippen molar-refractivity contribution < 1.29 is 0 Å². The second-order valence-corrected chi connectivity index (χ2v) is 12.1. The fourth-order valence-electron chi connectivity index (χ4n) is 6.31. The van der Waals surface area contributed by atoms with Gasteiger partial charge in [0.25, 0.3) is 0 Å². The number of hydrogen-bond acceptors (Lipinski definition) is 7. The summed E-state index contributed by atoms with van der Waals surface area (Å²) in [5.74, 6) is 0. The van der Waals surface area contributed by atoms with Gasteiger partial charge in [-0.3, -0.25) is 19.8 Å². The summed E-state index contributed by atoms with van der Waals surface area (Å²) >= 11 is 1.83. The van der Waals surface area contributed by atoms with Gasteiger partial charge in [0.1, 0.15) is 0 Å². The molecule has 3 heterocycles. The smallest absolute Gasteiger partial charge is 0.154 e. The number of thioether (sulfide) groups is 1. The average molecular weight is 497 g/mol. The summed E-state index contributed by atoms with van der Waals surface area (Å²) in [7, 11) is 0. The third kappa shape index (κ3) is 6.68. The van der Waals surface area contributed by atoms with Crippen molar-refractivity contribution in [2.45, 2.75) is 75.6 Å². The number of fused-ring (bicyclic) bond motifs is 2. The topological polar surface area (TPSA) is 60.5 Å². The van der Waals surface area contributed by atoms with E-state index in [-0.39, 0.29) is 0 Å². The Morgan fingerprint density at radius 2 is 1.89 bits per heavy atom. The van der Waals surface area contributed by atoms with E-state index in [9.17, 15) is 0 Å². The molecule has 0 spiro atoms. The van der Waals surface area contributed by atoms with Crippen molar-refractivity contribution in [1.29, 1.82) is 0 Å². The summed E-state index contributed by atoms with van der Waals surface area (Å²) in [5, 5.41) is 1.44. The van der Waals surface area contributed by atoms with Crippen molar-refractivity contribution >= 4 is 28.8 Å². The molecule has 2 N–H and O–H groups in total. The van der Waals surface area contributed by atoms with Crippen LogP contribution in [0.4, 0.5) is 5.69 Å². The van der Waals surface area contributed by atoms with E-state index in [1.807, 2.05) is 18.0 Å². The molecule has 0 amide bonds. The first kappa shape index (κ1) is 25.2. The molecule has 1 aromatic rings. The zero-order chi connectivity index (χ0) is 24.0. The van der Waals surface area contributed by atoms with Crippen LogP contribution in [0, 0.1) is 0 Å².